The van der Waals surface area contributed by atoms with Crippen molar-refractivity contribution < 1.29 is 17.9 Å². The van der Waals surface area contributed by atoms with Gasteiger partial charge in [0.25, 0.3) is 10.0 Å². The van der Waals surface area contributed by atoms with Gasteiger partial charge in [-0.25, -0.2) is 8.42 Å². The number of fused-ring (bicyclic) bond motifs is 1. The number of amides is 1. The molecule has 0 radical (unpaired) electrons. The number of carbonyl (C=O) groups excluding carboxylic acids is 1. The Morgan fingerprint density at radius 2 is 2.07 bits per heavy atom. The van der Waals surface area contributed by atoms with Crippen LogP contribution >= 0.6 is 27.5 Å². The van der Waals surface area contributed by atoms with Crippen LogP contribution in [0.1, 0.15) is 18.9 Å². The number of ether oxygens (including phenoxy) is 1. The maximum atomic E-state index is 12.9. The second-order valence-corrected chi connectivity index (χ2v) is 8.93. The van der Waals surface area contributed by atoms with E-state index in [2.05, 4.69) is 20.7 Å². The fourth-order valence-electron chi connectivity index (χ4n) is 2.98. The minimum atomic E-state index is -3.89. The van der Waals surface area contributed by atoms with E-state index < -0.39 is 10.0 Å². The molecule has 0 spiro atoms. The molecule has 0 unspecified atom stereocenters. The van der Waals surface area contributed by atoms with Gasteiger partial charge in [-0.05, 0) is 58.2 Å². The van der Waals surface area contributed by atoms with Crippen molar-refractivity contribution >= 4 is 54.8 Å². The molecule has 9 heteroatoms. The normalized spacial score (nSPS) is 13.4. The second-order valence-electron chi connectivity index (χ2n) is 6.02. The molecule has 0 aliphatic carbocycles. The number of hydrogen-bond acceptors (Lipinski definition) is 4. The Balaban J connectivity index is 1.98. The van der Waals surface area contributed by atoms with Gasteiger partial charge < -0.3 is 9.64 Å². The lowest BCUT2D eigenvalue weighted by Gasteiger charge is -2.18. The van der Waals surface area contributed by atoms with Crippen molar-refractivity contribution in [2.45, 2.75) is 24.7 Å². The summed E-state index contributed by atoms with van der Waals surface area (Å²) in [4.78, 5) is 13.8. The van der Waals surface area contributed by atoms with Gasteiger partial charge in [0.05, 0.1) is 17.8 Å². The van der Waals surface area contributed by atoms with Crippen LogP contribution in [0.2, 0.25) is 5.02 Å². The number of carbonyl (C=O) groups is 1. The second kappa shape index (κ2) is 7.69. The standard InChI is InChI=1S/C18H18BrClN2O4S/c1-3-18(23)22-7-6-11-8-13(19)17(10-15(11)22)27(24,25)21-12-4-5-16(26-2)14(20)9-12/h4-5,8-10,21H,3,6-7H2,1-2H3. The van der Waals surface area contributed by atoms with Crippen LogP contribution in [0.3, 0.4) is 0 Å². The largest absolute Gasteiger partial charge is 0.495 e. The van der Waals surface area contributed by atoms with Gasteiger partial charge in [-0.1, -0.05) is 18.5 Å². The van der Waals surface area contributed by atoms with E-state index in [9.17, 15) is 13.2 Å². The predicted molar refractivity (Wildman–Crippen MR) is 109 cm³/mol. The third-order valence-corrected chi connectivity index (χ3v) is 6.96. The number of anilines is 2. The van der Waals surface area contributed by atoms with Crippen LogP contribution in [0.25, 0.3) is 0 Å². The summed E-state index contributed by atoms with van der Waals surface area (Å²) >= 11 is 9.41. The molecular formula is C18H18BrClN2O4S. The first-order valence-corrected chi connectivity index (χ1v) is 10.9. The Morgan fingerprint density at radius 3 is 2.70 bits per heavy atom. The Hall–Kier alpha value is -1.77. The third-order valence-electron chi connectivity index (χ3n) is 4.33. The molecule has 0 fully saturated rings. The van der Waals surface area contributed by atoms with Crippen LogP contribution in [0.4, 0.5) is 11.4 Å². The number of nitrogens with one attached hydrogen (secondary N) is 1. The summed E-state index contributed by atoms with van der Waals surface area (Å²) in [5.41, 5.74) is 1.89. The zero-order chi connectivity index (χ0) is 19.8. The first-order valence-electron chi connectivity index (χ1n) is 8.26. The summed E-state index contributed by atoms with van der Waals surface area (Å²) in [6.07, 6.45) is 1.06. The summed E-state index contributed by atoms with van der Waals surface area (Å²) in [5, 5.41) is 0.297. The van der Waals surface area contributed by atoms with Gasteiger partial charge in [0.1, 0.15) is 10.6 Å². The lowest BCUT2D eigenvalue weighted by Crippen LogP contribution is -2.28. The molecule has 0 atom stereocenters. The lowest BCUT2D eigenvalue weighted by molar-refractivity contribution is -0.118. The van der Waals surface area contributed by atoms with Crippen molar-refractivity contribution in [1.29, 1.82) is 0 Å². The summed E-state index contributed by atoms with van der Waals surface area (Å²) in [6.45, 7) is 2.34. The number of benzene rings is 2. The zero-order valence-corrected chi connectivity index (χ0v) is 17.9. The molecule has 27 heavy (non-hydrogen) atoms. The quantitative estimate of drug-likeness (QED) is 0.706. The van der Waals surface area contributed by atoms with Crippen LogP contribution in [0, 0.1) is 0 Å². The average Bonchev–Trinajstić information content (AvgIpc) is 3.02. The molecule has 6 nitrogen and oxygen atoms in total. The van der Waals surface area contributed by atoms with E-state index >= 15 is 0 Å². The van der Waals surface area contributed by atoms with Gasteiger partial charge in [-0.3, -0.25) is 9.52 Å². The van der Waals surface area contributed by atoms with Gasteiger partial charge >= 0.3 is 0 Å². The van der Waals surface area contributed by atoms with E-state index in [4.69, 9.17) is 16.3 Å². The van der Waals surface area contributed by atoms with E-state index in [1.807, 2.05) is 0 Å². The van der Waals surface area contributed by atoms with Crippen LogP contribution < -0.4 is 14.4 Å². The molecule has 3 rings (SSSR count). The molecule has 0 saturated carbocycles. The molecule has 144 valence electrons. The first kappa shape index (κ1) is 20.0. The first-order chi connectivity index (χ1) is 12.8. The summed E-state index contributed by atoms with van der Waals surface area (Å²) < 4.78 is 33.9. The number of hydrogen-bond donors (Lipinski definition) is 1. The third kappa shape index (κ3) is 3.93. The Labute approximate surface area is 171 Å². The number of sulfonamides is 1. The monoisotopic (exact) mass is 472 g/mol. The van der Waals surface area contributed by atoms with Crippen molar-refractivity contribution in [3.8, 4) is 5.75 Å². The highest BCUT2D eigenvalue weighted by Crippen LogP contribution is 2.37. The van der Waals surface area contributed by atoms with Crippen molar-refractivity contribution in [3.63, 3.8) is 0 Å². The highest BCUT2D eigenvalue weighted by molar-refractivity contribution is 9.10. The fraction of sp³-hybridized carbons (Fsp3) is 0.278. The van der Waals surface area contributed by atoms with Gasteiger partial charge in [0, 0.05) is 23.1 Å². The highest BCUT2D eigenvalue weighted by Gasteiger charge is 2.28. The highest BCUT2D eigenvalue weighted by atomic mass is 79.9. The number of nitrogens with zero attached hydrogens (tertiary/aromatic N) is 1. The number of halogens is 2. The molecule has 1 aliphatic heterocycles. The van der Waals surface area contributed by atoms with Crippen molar-refractivity contribution in [2.24, 2.45) is 0 Å². The van der Waals surface area contributed by atoms with Crippen LogP contribution in [-0.2, 0) is 21.2 Å². The van der Waals surface area contributed by atoms with Crippen LogP contribution in [-0.4, -0.2) is 28.0 Å². The zero-order valence-electron chi connectivity index (χ0n) is 14.8. The SMILES string of the molecule is CCC(=O)N1CCc2cc(Br)c(S(=O)(=O)Nc3ccc(OC)c(Cl)c3)cc21. The Kier molecular flexibility index (Phi) is 5.69. The average molecular weight is 474 g/mol. The van der Waals surface area contributed by atoms with E-state index in [1.165, 1.54) is 19.2 Å². The van der Waals surface area contributed by atoms with Gasteiger partial charge in [-0.2, -0.15) is 0 Å². The molecule has 1 amide bonds. The number of methoxy groups -OCH3 is 1. The summed E-state index contributed by atoms with van der Waals surface area (Å²) in [5.74, 6) is 0.418. The van der Waals surface area contributed by atoms with Crippen molar-refractivity contribution in [3.05, 3.63) is 45.4 Å². The summed E-state index contributed by atoms with van der Waals surface area (Å²) in [7, 11) is -2.41. The molecular weight excluding hydrogens is 456 g/mol. The maximum absolute atomic E-state index is 12.9. The molecule has 0 bridgehead atoms. The minimum Gasteiger partial charge on any atom is -0.495 e. The number of rotatable bonds is 5. The maximum Gasteiger partial charge on any atom is 0.263 e. The molecule has 1 aliphatic rings. The molecule has 1 N–H and O–H groups in total. The molecule has 2 aromatic carbocycles. The van der Waals surface area contributed by atoms with Crippen molar-refractivity contribution in [2.75, 3.05) is 23.3 Å². The molecule has 2 aromatic rings. The Bertz CT molecular complexity index is 1010. The predicted octanol–water partition coefficient (Wildman–Crippen LogP) is 4.21. The topological polar surface area (TPSA) is 75.7 Å². The van der Waals surface area contributed by atoms with Crippen molar-refractivity contribution in [1.82, 2.24) is 0 Å². The van der Waals surface area contributed by atoms with E-state index in [1.54, 1.807) is 30.0 Å². The van der Waals surface area contributed by atoms with Crippen LogP contribution in [0.15, 0.2) is 39.7 Å². The minimum absolute atomic E-state index is 0.0330. The summed E-state index contributed by atoms with van der Waals surface area (Å²) in [6, 6.07) is 7.92. The lowest BCUT2D eigenvalue weighted by atomic mass is 10.2. The van der Waals surface area contributed by atoms with E-state index in [0.29, 0.717) is 46.0 Å². The van der Waals surface area contributed by atoms with Gasteiger partial charge in [-0.15, -0.1) is 0 Å². The fourth-order valence-corrected chi connectivity index (χ4v) is 5.40. The Morgan fingerprint density at radius 1 is 1.33 bits per heavy atom. The van der Waals surface area contributed by atoms with Gasteiger partial charge in [0.2, 0.25) is 5.91 Å². The smallest absolute Gasteiger partial charge is 0.263 e. The molecule has 0 saturated heterocycles. The van der Waals surface area contributed by atoms with Crippen LogP contribution in [0.5, 0.6) is 5.75 Å². The van der Waals surface area contributed by atoms with Gasteiger partial charge in [0.15, 0.2) is 0 Å². The molecule has 1 heterocycles. The van der Waals surface area contributed by atoms with E-state index in [0.717, 1.165) is 5.56 Å². The molecule has 0 aromatic heterocycles. The van der Waals surface area contributed by atoms with E-state index in [-0.39, 0.29) is 10.8 Å².